The van der Waals surface area contributed by atoms with Gasteiger partial charge in [-0.05, 0) is 18.4 Å². The molecule has 2 rings (SSSR count). The molecular formula is C14H25N3O2S. The van der Waals surface area contributed by atoms with E-state index >= 15 is 0 Å². The third-order valence-electron chi connectivity index (χ3n) is 3.63. The Bertz CT molecular complexity index is 545. The monoisotopic (exact) mass is 299 g/mol. The zero-order valence-electron chi connectivity index (χ0n) is 12.5. The van der Waals surface area contributed by atoms with Crippen LogP contribution in [0.5, 0.6) is 0 Å². The maximum atomic E-state index is 12.2. The zero-order chi connectivity index (χ0) is 14.8. The van der Waals surface area contributed by atoms with Gasteiger partial charge in [-0.1, -0.05) is 26.7 Å². The van der Waals surface area contributed by atoms with E-state index in [4.69, 9.17) is 0 Å². The Morgan fingerprint density at radius 2 is 2.10 bits per heavy atom. The van der Waals surface area contributed by atoms with Gasteiger partial charge in [0, 0.05) is 38.1 Å². The van der Waals surface area contributed by atoms with E-state index in [0.717, 1.165) is 18.0 Å². The van der Waals surface area contributed by atoms with E-state index in [1.165, 1.54) is 12.8 Å². The topological polar surface area (TPSA) is 63.1 Å². The van der Waals surface area contributed by atoms with Crippen molar-refractivity contribution < 1.29 is 8.42 Å². The molecule has 0 amide bonds. The van der Waals surface area contributed by atoms with Crippen molar-refractivity contribution in [3.63, 3.8) is 0 Å². The standard InChI is InChI=1S/C14H25N3O2S/c1-11(2)15-9-13-8-14(10-17(13)3)20(18,19)16-7-6-12-4-5-12/h8,10-12,15-16H,4-7,9H2,1-3H3. The summed E-state index contributed by atoms with van der Waals surface area (Å²) in [6.07, 6.45) is 5.13. The molecule has 0 spiro atoms. The van der Waals surface area contributed by atoms with E-state index in [9.17, 15) is 8.42 Å². The number of nitrogens with one attached hydrogen (secondary N) is 2. The molecule has 1 aromatic rings. The van der Waals surface area contributed by atoms with Gasteiger partial charge in [0.15, 0.2) is 0 Å². The van der Waals surface area contributed by atoms with Crippen LogP contribution in [-0.2, 0) is 23.6 Å². The molecule has 1 aromatic heterocycles. The third-order valence-corrected chi connectivity index (χ3v) is 5.05. The van der Waals surface area contributed by atoms with Gasteiger partial charge in [-0.3, -0.25) is 0 Å². The highest BCUT2D eigenvalue weighted by atomic mass is 32.2. The average Bonchev–Trinajstić information content (AvgIpc) is 3.08. The van der Waals surface area contributed by atoms with E-state index in [0.29, 0.717) is 24.0 Å². The lowest BCUT2D eigenvalue weighted by Crippen LogP contribution is -2.24. The van der Waals surface area contributed by atoms with Gasteiger partial charge in [0.1, 0.15) is 0 Å². The van der Waals surface area contributed by atoms with Gasteiger partial charge in [-0.2, -0.15) is 0 Å². The average molecular weight is 299 g/mol. The summed E-state index contributed by atoms with van der Waals surface area (Å²) in [5.74, 6) is 0.735. The summed E-state index contributed by atoms with van der Waals surface area (Å²) in [4.78, 5) is 0.358. The summed E-state index contributed by atoms with van der Waals surface area (Å²) in [5, 5.41) is 3.30. The van der Waals surface area contributed by atoms with E-state index in [-0.39, 0.29) is 0 Å². The summed E-state index contributed by atoms with van der Waals surface area (Å²) in [6.45, 7) is 5.35. The van der Waals surface area contributed by atoms with Crippen LogP contribution in [-0.4, -0.2) is 25.6 Å². The number of hydrogen-bond donors (Lipinski definition) is 2. The number of aromatic nitrogens is 1. The van der Waals surface area contributed by atoms with Gasteiger partial charge in [0.2, 0.25) is 10.0 Å². The molecule has 0 bridgehead atoms. The van der Waals surface area contributed by atoms with Crippen molar-refractivity contribution in [3.8, 4) is 0 Å². The summed E-state index contributed by atoms with van der Waals surface area (Å²) in [5.41, 5.74) is 0.973. The normalized spacial score (nSPS) is 16.0. The molecule has 0 aromatic carbocycles. The molecule has 20 heavy (non-hydrogen) atoms. The van der Waals surface area contributed by atoms with Gasteiger partial charge in [0.05, 0.1) is 4.90 Å². The Morgan fingerprint density at radius 3 is 2.70 bits per heavy atom. The molecule has 0 radical (unpaired) electrons. The van der Waals surface area contributed by atoms with Crippen molar-refractivity contribution in [2.24, 2.45) is 13.0 Å². The van der Waals surface area contributed by atoms with Crippen LogP contribution < -0.4 is 10.0 Å². The van der Waals surface area contributed by atoms with Crippen LogP contribution in [0.2, 0.25) is 0 Å². The highest BCUT2D eigenvalue weighted by Gasteiger charge is 2.22. The van der Waals surface area contributed by atoms with Crippen LogP contribution in [0.25, 0.3) is 0 Å². The van der Waals surface area contributed by atoms with Crippen molar-refractivity contribution in [3.05, 3.63) is 18.0 Å². The smallest absolute Gasteiger partial charge is 0.242 e. The fraction of sp³-hybridized carbons (Fsp3) is 0.714. The Morgan fingerprint density at radius 1 is 1.40 bits per heavy atom. The molecule has 0 unspecified atom stereocenters. The molecule has 0 atom stereocenters. The second-order valence-corrected chi connectivity index (χ2v) is 7.71. The maximum Gasteiger partial charge on any atom is 0.242 e. The molecule has 1 fully saturated rings. The lowest BCUT2D eigenvalue weighted by molar-refractivity contribution is 0.571. The highest BCUT2D eigenvalue weighted by Crippen LogP contribution is 2.31. The molecule has 5 nitrogen and oxygen atoms in total. The minimum absolute atomic E-state index is 0.358. The minimum Gasteiger partial charge on any atom is -0.352 e. The van der Waals surface area contributed by atoms with Gasteiger partial charge in [0.25, 0.3) is 0 Å². The van der Waals surface area contributed by atoms with E-state index in [1.54, 1.807) is 12.3 Å². The fourth-order valence-corrected chi connectivity index (χ4v) is 3.24. The van der Waals surface area contributed by atoms with E-state index < -0.39 is 10.0 Å². The molecule has 0 saturated heterocycles. The number of rotatable bonds is 8. The van der Waals surface area contributed by atoms with Gasteiger partial charge in [-0.15, -0.1) is 0 Å². The molecule has 1 heterocycles. The highest BCUT2D eigenvalue weighted by molar-refractivity contribution is 7.89. The first-order valence-electron chi connectivity index (χ1n) is 7.27. The number of hydrogen-bond acceptors (Lipinski definition) is 3. The van der Waals surface area contributed by atoms with Crippen LogP contribution in [0.1, 0.15) is 38.8 Å². The summed E-state index contributed by atoms with van der Waals surface area (Å²) in [7, 11) is -1.49. The Hall–Kier alpha value is -0.850. The molecule has 1 aliphatic carbocycles. The first-order valence-corrected chi connectivity index (χ1v) is 8.75. The molecule has 6 heteroatoms. The van der Waals surface area contributed by atoms with E-state index in [2.05, 4.69) is 23.9 Å². The number of nitrogens with zero attached hydrogens (tertiary/aromatic N) is 1. The Labute approximate surface area is 121 Å². The molecule has 1 saturated carbocycles. The van der Waals surface area contributed by atoms with Crippen LogP contribution in [0.4, 0.5) is 0 Å². The Balaban J connectivity index is 1.97. The SMILES string of the molecule is CC(C)NCc1cc(S(=O)(=O)NCCC2CC2)cn1C. The predicted molar refractivity (Wildman–Crippen MR) is 79.9 cm³/mol. The third kappa shape index (κ3) is 4.33. The van der Waals surface area contributed by atoms with Crippen LogP contribution in [0.15, 0.2) is 17.2 Å². The van der Waals surface area contributed by atoms with Crippen molar-refractivity contribution in [1.82, 2.24) is 14.6 Å². The van der Waals surface area contributed by atoms with Crippen LogP contribution in [0.3, 0.4) is 0 Å². The van der Waals surface area contributed by atoms with E-state index in [1.807, 2.05) is 11.6 Å². The quantitative estimate of drug-likeness (QED) is 0.766. The summed E-state index contributed by atoms with van der Waals surface area (Å²) in [6, 6.07) is 2.12. The molecular weight excluding hydrogens is 274 g/mol. The van der Waals surface area contributed by atoms with Crippen LogP contribution >= 0.6 is 0 Å². The zero-order valence-corrected chi connectivity index (χ0v) is 13.3. The maximum absolute atomic E-state index is 12.2. The van der Waals surface area contributed by atoms with Crippen molar-refractivity contribution in [2.75, 3.05) is 6.54 Å². The molecule has 114 valence electrons. The van der Waals surface area contributed by atoms with Crippen molar-refractivity contribution in [2.45, 2.75) is 50.6 Å². The van der Waals surface area contributed by atoms with Crippen LogP contribution in [0, 0.1) is 5.92 Å². The lowest BCUT2D eigenvalue weighted by Gasteiger charge is -2.08. The molecule has 2 N–H and O–H groups in total. The van der Waals surface area contributed by atoms with Gasteiger partial charge in [-0.25, -0.2) is 13.1 Å². The van der Waals surface area contributed by atoms with Gasteiger partial charge >= 0.3 is 0 Å². The summed E-state index contributed by atoms with van der Waals surface area (Å²) < 4.78 is 28.9. The fourth-order valence-electron chi connectivity index (χ4n) is 2.10. The number of sulfonamides is 1. The lowest BCUT2D eigenvalue weighted by atomic mass is 10.3. The first kappa shape index (κ1) is 15.5. The minimum atomic E-state index is -3.37. The van der Waals surface area contributed by atoms with Crippen molar-refractivity contribution in [1.29, 1.82) is 0 Å². The predicted octanol–water partition coefficient (Wildman–Crippen LogP) is 1.60. The second kappa shape index (κ2) is 6.28. The summed E-state index contributed by atoms with van der Waals surface area (Å²) >= 11 is 0. The molecule has 0 aliphatic heterocycles. The van der Waals surface area contributed by atoms with Gasteiger partial charge < -0.3 is 9.88 Å². The van der Waals surface area contributed by atoms with Crippen molar-refractivity contribution >= 4 is 10.0 Å². The largest absolute Gasteiger partial charge is 0.352 e. The number of aryl methyl sites for hydroxylation is 1. The Kier molecular flexibility index (Phi) is 4.88. The first-order chi connectivity index (χ1) is 9.38. The second-order valence-electron chi connectivity index (χ2n) is 5.94. The molecule has 1 aliphatic rings.